The Morgan fingerprint density at radius 3 is 2.55 bits per heavy atom. The van der Waals surface area contributed by atoms with Crippen molar-refractivity contribution in [3.05, 3.63) is 83.6 Å². The first-order valence-corrected chi connectivity index (χ1v) is 12.6. The maximum atomic E-state index is 13.6. The van der Waals surface area contributed by atoms with E-state index in [9.17, 15) is 23.1 Å². The smallest absolute Gasteiger partial charge is 0.416 e. The van der Waals surface area contributed by atoms with E-state index in [0.717, 1.165) is 17.7 Å². The molecule has 4 rings (SSSR count). The van der Waals surface area contributed by atoms with Crippen LogP contribution in [0.3, 0.4) is 0 Å². The summed E-state index contributed by atoms with van der Waals surface area (Å²) in [6.45, 7) is 5.13. The number of aliphatic hydroxyl groups excluding tert-OH is 1. The van der Waals surface area contributed by atoms with Crippen LogP contribution in [-0.4, -0.2) is 64.7 Å². The summed E-state index contributed by atoms with van der Waals surface area (Å²) in [4.78, 5) is 21.7. The van der Waals surface area contributed by atoms with Crippen LogP contribution in [-0.2, 0) is 12.7 Å². The van der Waals surface area contributed by atoms with Crippen LogP contribution in [0.5, 0.6) is 5.88 Å². The Bertz CT molecular complexity index is 1250. The number of ether oxygens (including phenoxy) is 1. The molecule has 0 bridgehead atoms. The number of likely N-dealkylation sites (N-methyl/N-ethyl adjacent to an activating group) is 1. The molecule has 3 aromatic rings. The Hall–Kier alpha value is -3.43. The Morgan fingerprint density at radius 2 is 1.87 bits per heavy atom. The molecule has 0 aliphatic carbocycles. The van der Waals surface area contributed by atoms with Crippen molar-refractivity contribution in [3.63, 3.8) is 0 Å². The molecule has 3 atom stereocenters. The Balaban J connectivity index is 1.68. The number of hydrogen-bond donors (Lipinski definition) is 1. The second-order valence-electron chi connectivity index (χ2n) is 9.96. The third-order valence-corrected chi connectivity index (χ3v) is 6.83. The van der Waals surface area contributed by atoms with E-state index in [1.165, 1.54) is 18.3 Å². The van der Waals surface area contributed by atoms with Gasteiger partial charge < -0.3 is 14.7 Å². The number of pyridine rings is 1. The predicted molar refractivity (Wildman–Crippen MR) is 139 cm³/mol. The molecule has 1 aromatic heterocycles. The average molecular weight is 528 g/mol. The molecule has 9 heteroatoms. The summed E-state index contributed by atoms with van der Waals surface area (Å²) in [5.41, 5.74) is 1.19. The number of carbonyl (C=O) groups is 1. The van der Waals surface area contributed by atoms with E-state index in [1.807, 2.05) is 32.2 Å². The summed E-state index contributed by atoms with van der Waals surface area (Å²) < 4.78 is 46.2. The number of aromatic nitrogens is 1. The molecule has 1 N–H and O–H groups in total. The molecule has 2 heterocycles. The number of nitrogens with zero attached hydrogens (tertiary/aromatic N) is 3. The third-order valence-electron chi connectivity index (χ3n) is 6.83. The zero-order valence-electron chi connectivity index (χ0n) is 21.7. The van der Waals surface area contributed by atoms with Gasteiger partial charge in [-0.05, 0) is 43.3 Å². The minimum Gasteiger partial charge on any atom is -0.472 e. The third kappa shape index (κ3) is 6.34. The van der Waals surface area contributed by atoms with Crippen molar-refractivity contribution in [2.24, 2.45) is 5.92 Å². The van der Waals surface area contributed by atoms with Crippen LogP contribution in [0.25, 0.3) is 11.1 Å². The molecule has 202 valence electrons. The first-order valence-electron chi connectivity index (χ1n) is 12.6. The van der Waals surface area contributed by atoms with Crippen molar-refractivity contribution in [1.82, 2.24) is 14.8 Å². The predicted octanol–water partition coefficient (Wildman–Crippen LogP) is 5.12. The number of fused-ring (bicyclic) bond motifs is 1. The molecular weight excluding hydrogens is 495 g/mol. The molecule has 38 heavy (non-hydrogen) atoms. The Morgan fingerprint density at radius 1 is 1.13 bits per heavy atom. The van der Waals surface area contributed by atoms with Gasteiger partial charge in [-0.1, -0.05) is 49.4 Å². The summed E-state index contributed by atoms with van der Waals surface area (Å²) in [6.07, 6.45) is -3.39. The number of rotatable bonds is 7. The van der Waals surface area contributed by atoms with Gasteiger partial charge in [0.1, 0.15) is 11.7 Å². The zero-order valence-corrected chi connectivity index (χ0v) is 21.7. The lowest BCUT2D eigenvalue weighted by molar-refractivity contribution is -0.137. The van der Waals surface area contributed by atoms with Crippen LogP contribution in [0, 0.1) is 5.92 Å². The van der Waals surface area contributed by atoms with E-state index in [2.05, 4.69) is 22.0 Å². The lowest BCUT2D eigenvalue weighted by Gasteiger charge is -2.37. The van der Waals surface area contributed by atoms with E-state index in [4.69, 9.17) is 4.74 Å². The number of hydrogen-bond acceptors (Lipinski definition) is 5. The molecule has 1 aliphatic heterocycles. The van der Waals surface area contributed by atoms with Gasteiger partial charge in [0.15, 0.2) is 0 Å². The van der Waals surface area contributed by atoms with Crippen LogP contribution in [0.1, 0.15) is 35.3 Å². The van der Waals surface area contributed by atoms with E-state index in [-0.39, 0.29) is 36.0 Å². The van der Waals surface area contributed by atoms with Crippen molar-refractivity contribution in [2.75, 3.05) is 26.7 Å². The van der Waals surface area contributed by atoms with E-state index >= 15 is 0 Å². The van der Waals surface area contributed by atoms with Crippen molar-refractivity contribution in [3.8, 4) is 17.0 Å². The van der Waals surface area contributed by atoms with E-state index < -0.39 is 17.8 Å². The van der Waals surface area contributed by atoms with Gasteiger partial charge in [-0.3, -0.25) is 9.69 Å². The number of alkyl halides is 3. The van der Waals surface area contributed by atoms with Gasteiger partial charge in [0.25, 0.3) is 5.91 Å². The lowest BCUT2D eigenvalue weighted by atomic mass is 9.98. The second kappa shape index (κ2) is 11.5. The van der Waals surface area contributed by atoms with Crippen LogP contribution in [0.15, 0.2) is 66.9 Å². The molecule has 6 nitrogen and oxygen atoms in total. The van der Waals surface area contributed by atoms with Crippen LogP contribution < -0.4 is 4.74 Å². The van der Waals surface area contributed by atoms with E-state index in [0.29, 0.717) is 30.8 Å². The van der Waals surface area contributed by atoms with Gasteiger partial charge in [-0.15, -0.1) is 0 Å². The summed E-state index contributed by atoms with van der Waals surface area (Å²) in [5.74, 6) is -0.333. The largest absolute Gasteiger partial charge is 0.472 e. The Labute approximate surface area is 220 Å². The molecule has 0 radical (unpaired) electrons. The maximum absolute atomic E-state index is 13.6. The normalized spacial score (nSPS) is 18.9. The quantitative estimate of drug-likeness (QED) is 0.462. The highest BCUT2D eigenvalue weighted by Crippen LogP contribution is 2.34. The highest BCUT2D eigenvalue weighted by molar-refractivity contribution is 5.98. The molecular formula is C29H32F3N3O3. The number of benzene rings is 2. The van der Waals surface area contributed by atoms with Gasteiger partial charge >= 0.3 is 6.18 Å². The number of aliphatic hydroxyl groups is 1. The highest BCUT2D eigenvalue weighted by Gasteiger charge is 2.35. The summed E-state index contributed by atoms with van der Waals surface area (Å²) in [6, 6.07) is 16.0. The van der Waals surface area contributed by atoms with Gasteiger partial charge in [0, 0.05) is 37.3 Å². The molecule has 0 unspecified atom stereocenters. The number of amides is 1. The lowest BCUT2D eigenvalue weighted by Crippen LogP contribution is -2.49. The van der Waals surface area contributed by atoms with Crippen molar-refractivity contribution >= 4 is 5.91 Å². The van der Waals surface area contributed by atoms with Gasteiger partial charge in [0.05, 0.1) is 18.2 Å². The van der Waals surface area contributed by atoms with Crippen LogP contribution in [0.2, 0.25) is 0 Å². The first kappa shape index (κ1) is 27.6. The molecule has 1 aliphatic rings. The molecule has 2 aromatic carbocycles. The second-order valence-corrected chi connectivity index (χ2v) is 9.96. The SMILES string of the molecule is C[C@H](CO)N1C[C@H](C)[C@H](CN(C)Cc2ccccc2)Oc2ncc(-c3cccc(C(F)(F)F)c3)cc2C1=O. The molecule has 0 saturated heterocycles. The number of halogens is 3. The maximum Gasteiger partial charge on any atom is 0.416 e. The fraction of sp³-hybridized carbons (Fsp3) is 0.379. The molecule has 0 spiro atoms. The molecule has 0 saturated carbocycles. The van der Waals surface area contributed by atoms with E-state index in [1.54, 1.807) is 17.9 Å². The minimum absolute atomic E-state index is 0.0794. The van der Waals surface area contributed by atoms with Crippen LogP contribution >= 0.6 is 0 Å². The number of carbonyl (C=O) groups excluding carboxylic acids is 1. The van der Waals surface area contributed by atoms with Crippen molar-refractivity contribution in [1.29, 1.82) is 0 Å². The minimum atomic E-state index is -4.49. The highest BCUT2D eigenvalue weighted by atomic mass is 19.4. The van der Waals surface area contributed by atoms with Gasteiger partial charge in [0.2, 0.25) is 5.88 Å². The van der Waals surface area contributed by atoms with Crippen molar-refractivity contribution < 1.29 is 27.8 Å². The summed E-state index contributed by atoms with van der Waals surface area (Å²) >= 11 is 0. The standard InChI is InChI=1S/C29H32F3N3O3/c1-19-15-35(20(2)18-36)28(37)25-13-23(22-10-7-11-24(12-22)29(30,31)32)14-33-27(25)38-26(19)17-34(3)16-21-8-5-4-6-9-21/h4-14,19-20,26,36H,15-18H2,1-3H3/t19-,20+,26-/m0/s1. The van der Waals surface area contributed by atoms with Crippen LogP contribution in [0.4, 0.5) is 13.2 Å². The van der Waals surface area contributed by atoms with Gasteiger partial charge in [-0.2, -0.15) is 13.2 Å². The monoisotopic (exact) mass is 527 g/mol. The Kier molecular flexibility index (Phi) is 8.38. The average Bonchev–Trinajstić information content (AvgIpc) is 2.90. The first-order chi connectivity index (χ1) is 18.1. The fourth-order valence-electron chi connectivity index (χ4n) is 4.62. The summed E-state index contributed by atoms with van der Waals surface area (Å²) in [7, 11) is 1.99. The fourth-order valence-corrected chi connectivity index (χ4v) is 4.62. The topological polar surface area (TPSA) is 65.9 Å². The van der Waals surface area contributed by atoms with Crippen molar-refractivity contribution in [2.45, 2.75) is 38.7 Å². The summed E-state index contributed by atoms with van der Waals surface area (Å²) in [5, 5.41) is 9.86. The molecule has 0 fully saturated rings. The zero-order chi connectivity index (χ0) is 27.4. The molecule has 1 amide bonds. The van der Waals surface area contributed by atoms with Gasteiger partial charge in [-0.25, -0.2) is 4.98 Å².